The van der Waals surface area contributed by atoms with Crippen molar-refractivity contribution in [1.29, 1.82) is 0 Å². The molecule has 0 radical (unpaired) electrons. The summed E-state index contributed by atoms with van der Waals surface area (Å²) in [5.74, 6) is -2.00. The van der Waals surface area contributed by atoms with E-state index in [2.05, 4.69) is 21.3 Å². The van der Waals surface area contributed by atoms with E-state index in [4.69, 9.17) is 4.74 Å². The van der Waals surface area contributed by atoms with Crippen LogP contribution >= 0.6 is 0 Å². The number of unbranched alkanes of at least 4 members (excludes halogenated alkanes) is 1. The van der Waals surface area contributed by atoms with Crippen molar-refractivity contribution in [2.75, 3.05) is 13.1 Å². The molecule has 0 aromatic heterocycles. The lowest BCUT2D eigenvalue weighted by atomic mass is 9.84. The van der Waals surface area contributed by atoms with Crippen LogP contribution in [0.25, 0.3) is 0 Å². The standard InChI is InChI=1S/C36H61N5O7/c1-10-11-12-25(29(43)32(45)37-17-15-27(42)48-36(7,8)9)38-31(44)28-24(21(2)3)16-18-41(28)33(46)30(35(4,5)6)40-34(47)39-26-20-22-13-14-23(26)19-22/h21-26,28,30H,10-20H2,1-9H3,(H,37,45)(H,38,44)(H2,39,40,47)/t22?,23?,24?,25?,26?,28-,30+/m0/s1. The number of carbonyl (C=O) groups is 6. The molecule has 12 heteroatoms. The molecule has 272 valence electrons. The van der Waals surface area contributed by atoms with Crippen LogP contribution in [0.1, 0.15) is 120 Å². The smallest absolute Gasteiger partial charge is 0.315 e. The number of carbonyl (C=O) groups excluding carboxylic acids is 6. The Balaban J connectivity index is 1.72. The van der Waals surface area contributed by atoms with Gasteiger partial charge in [-0.2, -0.15) is 0 Å². The Bertz CT molecular complexity index is 1190. The van der Waals surface area contributed by atoms with Gasteiger partial charge < -0.3 is 30.9 Å². The highest BCUT2D eigenvalue weighted by Gasteiger charge is 2.48. The third-order valence-corrected chi connectivity index (χ3v) is 10.0. The van der Waals surface area contributed by atoms with Crippen molar-refractivity contribution in [3.63, 3.8) is 0 Å². The van der Waals surface area contributed by atoms with Gasteiger partial charge in [-0.15, -0.1) is 0 Å². The Morgan fingerprint density at radius 2 is 1.60 bits per heavy atom. The molecule has 3 rings (SSSR count). The predicted molar refractivity (Wildman–Crippen MR) is 183 cm³/mol. The zero-order valence-corrected chi connectivity index (χ0v) is 30.7. The number of urea groups is 1. The molecule has 2 bridgehead atoms. The topological polar surface area (TPSA) is 163 Å². The first-order chi connectivity index (χ1) is 22.3. The zero-order chi connectivity index (χ0) is 36.0. The molecule has 1 aliphatic heterocycles. The molecule has 5 amide bonds. The van der Waals surface area contributed by atoms with Crippen molar-refractivity contribution in [3.8, 4) is 0 Å². The maximum atomic E-state index is 14.3. The Hall–Kier alpha value is -3.18. The van der Waals surface area contributed by atoms with E-state index in [-0.39, 0.29) is 49.2 Å². The normalized spacial score (nSPS) is 25.0. The van der Waals surface area contributed by atoms with Gasteiger partial charge in [-0.25, -0.2) is 4.79 Å². The van der Waals surface area contributed by atoms with Gasteiger partial charge in [0.25, 0.3) is 5.91 Å². The lowest BCUT2D eigenvalue weighted by Gasteiger charge is -2.37. The maximum Gasteiger partial charge on any atom is 0.315 e. The highest BCUT2D eigenvalue weighted by molar-refractivity contribution is 6.38. The van der Waals surface area contributed by atoms with Crippen molar-refractivity contribution in [2.24, 2.45) is 29.1 Å². The van der Waals surface area contributed by atoms with Gasteiger partial charge in [0.05, 0.1) is 12.5 Å². The van der Waals surface area contributed by atoms with Gasteiger partial charge in [0.1, 0.15) is 17.7 Å². The number of nitrogens with zero attached hydrogens (tertiary/aromatic N) is 1. The number of esters is 1. The van der Waals surface area contributed by atoms with E-state index < -0.39 is 52.7 Å². The van der Waals surface area contributed by atoms with E-state index >= 15 is 0 Å². The Morgan fingerprint density at radius 3 is 2.15 bits per heavy atom. The fourth-order valence-electron chi connectivity index (χ4n) is 7.52. The van der Waals surface area contributed by atoms with Crippen LogP contribution in [0.4, 0.5) is 4.79 Å². The molecule has 48 heavy (non-hydrogen) atoms. The number of hydrogen-bond donors (Lipinski definition) is 4. The van der Waals surface area contributed by atoms with Gasteiger partial charge in [-0.3, -0.25) is 24.0 Å². The molecule has 4 N–H and O–H groups in total. The number of ketones is 1. The molecule has 5 unspecified atom stereocenters. The fourth-order valence-corrected chi connectivity index (χ4v) is 7.52. The lowest BCUT2D eigenvalue weighted by molar-refractivity contribution is -0.154. The minimum atomic E-state index is -1.09. The minimum Gasteiger partial charge on any atom is -0.460 e. The van der Waals surface area contributed by atoms with Crippen LogP contribution < -0.4 is 21.3 Å². The molecule has 0 aromatic rings. The fraction of sp³-hybridized carbons (Fsp3) is 0.833. The van der Waals surface area contributed by atoms with Crippen LogP contribution in [0.5, 0.6) is 0 Å². The number of Topliss-reactive ketones (excluding diaryl/α,β-unsaturated/α-hetero) is 1. The number of rotatable bonds is 14. The van der Waals surface area contributed by atoms with Crippen molar-refractivity contribution in [2.45, 2.75) is 150 Å². The first kappa shape index (κ1) is 39.3. The van der Waals surface area contributed by atoms with Crippen molar-refractivity contribution in [3.05, 3.63) is 0 Å². The molecular formula is C36H61N5O7. The third kappa shape index (κ3) is 10.7. The van der Waals surface area contributed by atoms with Crippen LogP contribution in [0.2, 0.25) is 0 Å². The van der Waals surface area contributed by atoms with Crippen molar-refractivity contribution < 1.29 is 33.5 Å². The predicted octanol–water partition coefficient (Wildman–Crippen LogP) is 3.85. The average Bonchev–Trinajstić information content (AvgIpc) is 3.72. The second-order valence-corrected chi connectivity index (χ2v) is 16.5. The lowest BCUT2D eigenvalue weighted by Crippen LogP contribution is -2.61. The van der Waals surface area contributed by atoms with E-state index in [1.165, 1.54) is 6.42 Å². The molecule has 12 nitrogen and oxygen atoms in total. The SMILES string of the molecule is CCCCC(NC(=O)[C@@H]1C(C(C)C)CCN1C(=O)[C@@H](NC(=O)NC1CC2CCC1C2)C(C)(C)C)C(=O)C(=O)NCCC(=O)OC(C)(C)C. The molecule has 0 spiro atoms. The van der Waals surface area contributed by atoms with E-state index in [9.17, 15) is 28.8 Å². The summed E-state index contributed by atoms with van der Waals surface area (Å²) in [7, 11) is 0. The molecule has 3 aliphatic rings. The molecule has 2 saturated carbocycles. The first-order valence-corrected chi connectivity index (χ1v) is 18.0. The molecule has 1 saturated heterocycles. The van der Waals surface area contributed by atoms with Gasteiger partial charge in [0, 0.05) is 19.1 Å². The summed E-state index contributed by atoms with van der Waals surface area (Å²) in [4.78, 5) is 81.3. The molecule has 3 fully saturated rings. The van der Waals surface area contributed by atoms with Crippen molar-refractivity contribution >= 4 is 35.5 Å². The summed E-state index contributed by atoms with van der Waals surface area (Å²) in [5.41, 5.74) is -1.31. The zero-order valence-electron chi connectivity index (χ0n) is 30.7. The number of amides is 5. The number of ether oxygens (including phenoxy) is 1. The Kier molecular flexibility index (Phi) is 13.5. The summed E-state index contributed by atoms with van der Waals surface area (Å²) in [6.45, 7) is 17.1. The van der Waals surface area contributed by atoms with Gasteiger partial charge >= 0.3 is 12.0 Å². The Labute approximate surface area is 287 Å². The monoisotopic (exact) mass is 675 g/mol. The molecule has 0 aromatic carbocycles. The van der Waals surface area contributed by atoms with E-state index in [1.54, 1.807) is 25.7 Å². The first-order valence-electron chi connectivity index (χ1n) is 18.0. The van der Waals surface area contributed by atoms with Crippen molar-refractivity contribution in [1.82, 2.24) is 26.2 Å². The van der Waals surface area contributed by atoms with Gasteiger partial charge in [0.15, 0.2) is 0 Å². The van der Waals surface area contributed by atoms with Gasteiger partial charge in [0.2, 0.25) is 17.6 Å². The third-order valence-electron chi connectivity index (χ3n) is 10.0. The molecule has 7 atom stereocenters. The number of likely N-dealkylation sites (tertiary alicyclic amines) is 1. The van der Waals surface area contributed by atoms with Crippen LogP contribution in [-0.4, -0.2) is 83.3 Å². The van der Waals surface area contributed by atoms with E-state index in [0.717, 1.165) is 25.7 Å². The van der Waals surface area contributed by atoms with Crippen LogP contribution in [-0.2, 0) is 28.7 Å². The molecular weight excluding hydrogens is 614 g/mol. The van der Waals surface area contributed by atoms with E-state index in [0.29, 0.717) is 31.2 Å². The summed E-state index contributed by atoms with van der Waals surface area (Å²) in [5, 5.41) is 11.4. The number of hydrogen-bond acceptors (Lipinski definition) is 7. The van der Waals surface area contributed by atoms with Gasteiger partial charge in [-0.1, -0.05) is 60.8 Å². The van der Waals surface area contributed by atoms with E-state index in [1.807, 2.05) is 41.5 Å². The van der Waals surface area contributed by atoms with Gasteiger partial charge in [-0.05, 0) is 82.0 Å². The highest BCUT2D eigenvalue weighted by Crippen LogP contribution is 2.44. The van der Waals surface area contributed by atoms with Crippen LogP contribution in [0, 0.1) is 29.1 Å². The largest absolute Gasteiger partial charge is 0.460 e. The summed E-state index contributed by atoms with van der Waals surface area (Å²) in [6.07, 6.45) is 6.53. The molecule has 2 aliphatic carbocycles. The second kappa shape index (κ2) is 16.5. The van der Waals surface area contributed by atoms with Crippen LogP contribution in [0.3, 0.4) is 0 Å². The summed E-state index contributed by atoms with van der Waals surface area (Å²) in [6, 6.07) is -3.10. The average molecular weight is 676 g/mol. The second-order valence-electron chi connectivity index (χ2n) is 16.5. The molecule has 1 heterocycles. The quantitative estimate of drug-likeness (QED) is 0.161. The maximum absolute atomic E-state index is 14.3. The highest BCUT2D eigenvalue weighted by atomic mass is 16.6. The van der Waals surface area contributed by atoms with Crippen LogP contribution in [0.15, 0.2) is 0 Å². The Morgan fingerprint density at radius 1 is 0.917 bits per heavy atom. The number of fused-ring (bicyclic) bond motifs is 2. The minimum absolute atomic E-state index is 0.0571. The summed E-state index contributed by atoms with van der Waals surface area (Å²) < 4.78 is 5.26. The number of nitrogens with one attached hydrogen (secondary N) is 4. The summed E-state index contributed by atoms with van der Waals surface area (Å²) >= 11 is 0.